The number of nitrogens with zero attached hydrogens (tertiary/aromatic N) is 1. The predicted molar refractivity (Wildman–Crippen MR) is 110 cm³/mol. The van der Waals surface area contributed by atoms with Gasteiger partial charge in [-0.2, -0.15) is 0 Å². The van der Waals surface area contributed by atoms with E-state index >= 15 is 0 Å². The van der Waals surface area contributed by atoms with E-state index < -0.39 is 11.1 Å². The molecule has 0 radical (unpaired) electrons. The number of nitrogens with one attached hydrogen (secondary N) is 1. The second-order valence-electron chi connectivity index (χ2n) is 5.69. The summed E-state index contributed by atoms with van der Waals surface area (Å²) in [4.78, 5) is 37.3. The molecule has 1 heterocycles. The third kappa shape index (κ3) is 4.67. The Kier molecular flexibility index (Phi) is 5.78. The maximum atomic E-state index is 12.6. The third-order valence-corrected chi connectivity index (χ3v) is 4.70. The van der Waals surface area contributed by atoms with Gasteiger partial charge in [-0.05, 0) is 53.7 Å². The van der Waals surface area contributed by atoms with Crippen LogP contribution >= 0.6 is 23.4 Å². The van der Waals surface area contributed by atoms with Crippen molar-refractivity contribution in [2.45, 2.75) is 6.92 Å². The molecule has 2 aromatic carbocycles. The Hall–Kier alpha value is -2.83. The minimum atomic E-state index is -0.433. The summed E-state index contributed by atoms with van der Waals surface area (Å²) in [6.45, 7) is 1.40. The van der Waals surface area contributed by atoms with Gasteiger partial charge < -0.3 is 5.32 Å². The molecule has 1 N–H and O–H groups in total. The lowest BCUT2D eigenvalue weighted by Gasteiger charge is -2.13. The zero-order valence-electron chi connectivity index (χ0n) is 14.3. The minimum absolute atomic E-state index is 0.198. The van der Waals surface area contributed by atoms with Crippen LogP contribution in [0.4, 0.5) is 16.2 Å². The van der Waals surface area contributed by atoms with E-state index in [1.807, 2.05) is 30.3 Å². The molecule has 136 valence electrons. The van der Waals surface area contributed by atoms with E-state index in [2.05, 4.69) is 5.32 Å². The van der Waals surface area contributed by atoms with Crippen molar-refractivity contribution in [1.82, 2.24) is 0 Å². The van der Waals surface area contributed by atoms with E-state index in [0.29, 0.717) is 16.4 Å². The van der Waals surface area contributed by atoms with Gasteiger partial charge in [-0.3, -0.25) is 14.4 Å². The van der Waals surface area contributed by atoms with Gasteiger partial charge in [0.15, 0.2) is 0 Å². The summed E-state index contributed by atoms with van der Waals surface area (Å²) >= 11 is 7.05. The fourth-order valence-corrected chi connectivity index (χ4v) is 3.59. The lowest BCUT2D eigenvalue weighted by molar-refractivity contribution is -0.114. The summed E-state index contributed by atoms with van der Waals surface area (Å²) in [6, 6.07) is 15.9. The molecule has 1 aliphatic rings. The molecule has 0 atom stereocenters. The summed E-state index contributed by atoms with van der Waals surface area (Å²) in [5.41, 5.74) is 1.91. The first-order chi connectivity index (χ1) is 12.9. The van der Waals surface area contributed by atoms with Gasteiger partial charge in [0.05, 0.1) is 10.6 Å². The molecule has 1 fully saturated rings. The highest BCUT2D eigenvalue weighted by atomic mass is 35.5. The van der Waals surface area contributed by atoms with Crippen molar-refractivity contribution >= 4 is 57.9 Å². The second kappa shape index (κ2) is 8.24. The highest BCUT2D eigenvalue weighted by molar-refractivity contribution is 8.18. The molecule has 0 aromatic heterocycles. The van der Waals surface area contributed by atoms with Gasteiger partial charge in [0.1, 0.15) is 0 Å². The van der Waals surface area contributed by atoms with E-state index in [1.54, 1.807) is 30.3 Å². The van der Waals surface area contributed by atoms with Gasteiger partial charge in [0.2, 0.25) is 5.91 Å². The topological polar surface area (TPSA) is 66.5 Å². The van der Waals surface area contributed by atoms with Crippen LogP contribution in [-0.4, -0.2) is 17.1 Å². The summed E-state index contributed by atoms with van der Waals surface area (Å²) in [7, 11) is 0. The summed E-state index contributed by atoms with van der Waals surface area (Å²) in [5.74, 6) is -0.631. The van der Waals surface area contributed by atoms with Gasteiger partial charge >= 0.3 is 0 Å². The maximum Gasteiger partial charge on any atom is 0.298 e. The first kappa shape index (κ1) is 18.9. The molecule has 2 aromatic rings. The monoisotopic (exact) mass is 398 g/mol. The molecule has 0 spiro atoms. The largest absolute Gasteiger partial charge is 0.326 e. The molecule has 27 heavy (non-hydrogen) atoms. The number of hydrogen-bond donors (Lipinski definition) is 1. The Morgan fingerprint density at radius 3 is 2.37 bits per heavy atom. The molecule has 3 rings (SSSR count). The SMILES string of the molecule is CC(=O)Nc1ccc(N2C(=O)S/C(=C\C(Cl)=C\c3ccccc3)C2=O)cc1. The number of carbonyl (C=O) groups is 3. The molecule has 0 unspecified atom stereocenters. The predicted octanol–water partition coefficient (Wildman–Crippen LogP) is 5.01. The number of hydrogen-bond acceptors (Lipinski definition) is 4. The van der Waals surface area contributed by atoms with Gasteiger partial charge in [0.25, 0.3) is 11.1 Å². The summed E-state index contributed by atoms with van der Waals surface area (Å²) < 4.78 is 0. The number of allylic oxidation sites excluding steroid dienone is 2. The van der Waals surface area contributed by atoms with E-state index in [0.717, 1.165) is 22.2 Å². The van der Waals surface area contributed by atoms with Crippen molar-refractivity contribution in [3.8, 4) is 0 Å². The third-order valence-electron chi connectivity index (χ3n) is 3.61. The van der Waals surface area contributed by atoms with Crippen LogP contribution in [-0.2, 0) is 9.59 Å². The van der Waals surface area contributed by atoms with Crippen LogP contribution < -0.4 is 10.2 Å². The number of imide groups is 1. The van der Waals surface area contributed by atoms with Crippen LogP contribution in [0.25, 0.3) is 6.08 Å². The van der Waals surface area contributed by atoms with Crippen LogP contribution in [0.3, 0.4) is 0 Å². The Morgan fingerprint density at radius 2 is 1.74 bits per heavy atom. The Morgan fingerprint density at radius 1 is 1.07 bits per heavy atom. The zero-order chi connectivity index (χ0) is 19.4. The number of carbonyl (C=O) groups excluding carboxylic acids is 3. The molecule has 0 bridgehead atoms. The van der Waals surface area contributed by atoms with E-state index in [-0.39, 0.29) is 10.8 Å². The molecule has 0 saturated carbocycles. The first-order valence-corrected chi connectivity index (χ1v) is 9.21. The normalized spacial score (nSPS) is 16.1. The molecular weight excluding hydrogens is 384 g/mol. The molecule has 0 aliphatic carbocycles. The number of anilines is 2. The molecule has 7 heteroatoms. The van der Waals surface area contributed by atoms with Crippen LogP contribution in [0.2, 0.25) is 0 Å². The zero-order valence-corrected chi connectivity index (χ0v) is 15.9. The quantitative estimate of drug-likeness (QED) is 0.735. The minimum Gasteiger partial charge on any atom is -0.326 e. The van der Waals surface area contributed by atoms with Crippen LogP contribution in [0, 0.1) is 0 Å². The molecular formula is C20H15ClN2O3S. The maximum absolute atomic E-state index is 12.6. The standard InChI is InChI=1S/C20H15ClN2O3S/c1-13(24)22-16-7-9-17(10-8-16)23-19(25)18(27-20(23)26)12-15(21)11-14-5-3-2-4-6-14/h2-12H,1H3,(H,22,24)/b15-11-,18-12-. The smallest absolute Gasteiger partial charge is 0.298 e. The lowest BCUT2D eigenvalue weighted by atomic mass is 10.2. The number of benzene rings is 2. The Bertz CT molecular complexity index is 953. The number of amides is 3. The second-order valence-corrected chi connectivity index (χ2v) is 7.11. The van der Waals surface area contributed by atoms with Gasteiger partial charge in [-0.15, -0.1) is 0 Å². The van der Waals surface area contributed by atoms with Gasteiger partial charge in [-0.25, -0.2) is 4.90 Å². The Labute approximate surface area is 165 Å². The van der Waals surface area contributed by atoms with E-state index in [4.69, 9.17) is 11.6 Å². The van der Waals surface area contributed by atoms with Crippen molar-refractivity contribution in [3.05, 3.63) is 76.2 Å². The fraction of sp³-hybridized carbons (Fsp3) is 0.0500. The van der Waals surface area contributed by atoms with Crippen LogP contribution in [0.5, 0.6) is 0 Å². The number of rotatable bonds is 4. The average Bonchev–Trinajstić information content (AvgIpc) is 2.89. The van der Waals surface area contributed by atoms with Crippen molar-refractivity contribution in [3.63, 3.8) is 0 Å². The molecule has 3 amide bonds. The highest BCUT2D eigenvalue weighted by Gasteiger charge is 2.36. The van der Waals surface area contributed by atoms with Crippen molar-refractivity contribution in [1.29, 1.82) is 0 Å². The van der Waals surface area contributed by atoms with E-state index in [1.165, 1.54) is 13.0 Å². The number of halogens is 1. The van der Waals surface area contributed by atoms with Gasteiger partial charge in [0, 0.05) is 17.6 Å². The molecule has 1 saturated heterocycles. The Balaban J connectivity index is 1.80. The average molecular weight is 399 g/mol. The first-order valence-electron chi connectivity index (χ1n) is 8.02. The van der Waals surface area contributed by atoms with Gasteiger partial charge in [-0.1, -0.05) is 41.9 Å². The van der Waals surface area contributed by atoms with Crippen molar-refractivity contribution < 1.29 is 14.4 Å². The van der Waals surface area contributed by atoms with Crippen LogP contribution in [0.1, 0.15) is 12.5 Å². The molecule has 5 nitrogen and oxygen atoms in total. The summed E-state index contributed by atoms with van der Waals surface area (Å²) in [6.07, 6.45) is 3.21. The van der Waals surface area contributed by atoms with Crippen molar-refractivity contribution in [2.75, 3.05) is 10.2 Å². The van der Waals surface area contributed by atoms with E-state index in [9.17, 15) is 14.4 Å². The molecule has 1 aliphatic heterocycles. The number of thioether (sulfide) groups is 1. The fourth-order valence-electron chi connectivity index (χ4n) is 2.46. The lowest BCUT2D eigenvalue weighted by Crippen LogP contribution is -2.27. The van der Waals surface area contributed by atoms with Crippen molar-refractivity contribution in [2.24, 2.45) is 0 Å². The van der Waals surface area contributed by atoms with Crippen LogP contribution in [0.15, 0.2) is 70.6 Å². The highest BCUT2D eigenvalue weighted by Crippen LogP contribution is 2.36. The summed E-state index contributed by atoms with van der Waals surface area (Å²) in [5, 5.41) is 2.59.